The Morgan fingerprint density at radius 3 is 2.75 bits per heavy atom. The van der Waals surface area contributed by atoms with Gasteiger partial charge in [-0.3, -0.25) is 0 Å². The molecule has 1 atom stereocenters. The first kappa shape index (κ1) is 16.5. The number of aliphatic carboxylic acids is 1. The Hall–Kier alpha value is -2.35. The molecule has 0 aliphatic heterocycles. The maximum Gasteiger partial charge on any atom is 0.327 e. The minimum atomic E-state index is -0.866. The van der Waals surface area contributed by atoms with Crippen LogP contribution in [0.25, 0.3) is 11.1 Å². The van der Waals surface area contributed by atoms with Gasteiger partial charge in [-0.1, -0.05) is 68.3 Å². The minimum absolute atomic E-state index is 0.393. The highest BCUT2D eigenvalue weighted by Crippen LogP contribution is 2.41. The number of rotatable bonds is 7. The standard InChI is InChI=1S/C22H24O2/c1-2-3-8-16(10-6-14-22(23)24)18-12-7-13-20-19-11-5-4-9-17(19)15-21(18)20/h4-7,9,11-14,16H,2-3,8,10,15H2,1H3,(H,23,24). The van der Waals surface area contributed by atoms with Gasteiger partial charge in [-0.25, -0.2) is 4.79 Å². The molecule has 3 rings (SSSR count). The average molecular weight is 320 g/mol. The van der Waals surface area contributed by atoms with Crippen molar-refractivity contribution in [3.05, 3.63) is 71.3 Å². The molecule has 2 heteroatoms. The van der Waals surface area contributed by atoms with Gasteiger partial charge in [0.2, 0.25) is 0 Å². The fourth-order valence-corrected chi connectivity index (χ4v) is 3.75. The maximum absolute atomic E-state index is 10.8. The van der Waals surface area contributed by atoms with Crippen molar-refractivity contribution in [3.63, 3.8) is 0 Å². The lowest BCUT2D eigenvalue weighted by Gasteiger charge is -2.19. The zero-order chi connectivity index (χ0) is 16.9. The molecule has 0 radical (unpaired) electrons. The van der Waals surface area contributed by atoms with Gasteiger partial charge in [-0.15, -0.1) is 0 Å². The molecule has 1 unspecified atom stereocenters. The number of carboxylic acids is 1. The Labute approximate surface area is 143 Å². The van der Waals surface area contributed by atoms with Crippen molar-refractivity contribution in [1.82, 2.24) is 0 Å². The van der Waals surface area contributed by atoms with Crippen LogP contribution in [-0.2, 0) is 11.2 Å². The van der Waals surface area contributed by atoms with Gasteiger partial charge >= 0.3 is 5.97 Å². The van der Waals surface area contributed by atoms with Crippen LogP contribution in [0.3, 0.4) is 0 Å². The Balaban J connectivity index is 1.93. The van der Waals surface area contributed by atoms with E-state index in [0.717, 1.165) is 25.7 Å². The van der Waals surface area contributed by atoms with Gasteiger partial charge in [0.05, 0.1) is 0 Å². The lowest BCUT2D eigenvalue weighted by molar-refractivity contribution is -0.131. The summed E-state index contributed by atoms with van der Waals surface area (Å²) in [5, 5.41) is 8.86. The smallest absolute Gasteiger partial charge is 0.327 e. The number of hydrogen-bond acceptors (Lipinski definition) is 1. The summed E-state index contributed by atoms with van der Waals surface area (Å²) in [6.45, 7) is 2.20. The van der Waals surface area contributed by atoms with Gasteiger partial charge in [-0.2, -0.15) is 0 Å². The summed E-state index contributed by atoms with van der Waals surface area (Å²) in [6.07, 6.45) is 8.30. The van der Waals surface area contributed by atoms with Crippen molar-refractivity contribution in [2.24, 2.45) is 0 Å². The van der Waals surface area contributed by atoms with E-state index >= 15 is 0 Å². The molecule has 0 amide bonds. The zero-order valence-corrected chi connectivity index (χ0v) is 14.2. The van der Waals surface area contributed by atoms with E-state index < -0.39 is 5.97 Å². The summed E-state index contributed by atoms with van der Waals surface area (Å²) in [5.74, 6) is -0.472. The summed E-state index contributed by atoms with van der Waals surface area (Å²) < 4.78 is 0. The summed E-state index contributed by atoms with van der Waals surface area (Å²) in [6, 6.07) is 15.2. The molecule has 2 nitrogen and oxygen atoms in total. The van der Waals surface area contributed by atoms with Crippen molar-refractivity contribution in [2.45, 2.75) is 44.9 Å². The Bertz CT molecular complexity index is 758. The number of benzene rings is 2. The van der Waals surface area contributed by atoms with Crippen molar-refractivity contribution in [2.75, 3.05) is 0 Å². The predicted molar refractivity (Wildman–Crippen MR) is 98.3 cm³/mol. The van der Waals surface area contributed by atoms with Gasteiger partial charge in [0.25, 0.3) is 0 Å². The van der Waals surface area contributed by atoms with Gasteiger partial charge in [-0.05, 0) is 53.0 Å². The third kappa shape index (κ3) is 3.43. The molecular formula is C22H24O2. The first-order valence-corrected chi connectivity index (χ1v) is 8.80. The normalized spacial score (nSPS) is 13.7. The minimum Gasteiger partial charge on any atom is -0.478 e. The van der Waals surface area contributed by atoms with Crippen molar-refractivity contribution in [3.8, 4) is 11.1 Å². The number of fused-ring (bicyclic) bond motifs is 3. The quantitative estimate of drug-likeness (QED) is 0.578. The zero-order valence-electron chi connectivity index (χ0n) is 14.2. The molecule has 0 bridgehead atoms. The van der Waals surface area contributed by atoms with Crippen LogP contribution in [0.4, 0.5) is 0 Å². The number of unbranched alkanes of at least 4 members (excludes halogenated alkanes) is 1. The SMILES string of the molecule is CCCCC(CC=CC(=O)O)c1cccc2c1Cc1ccccc1-2. The first-order valence-electron chi connectivity index (χ1n) is 8.80. The second-order valence-electron chi connectivity index (χ2n) is 6.52. The number of hydrogen-bond donors (Lipinski definition) is 1. The van der Waals surface area contributed by atoms with E-state index in [1.165, 1.54) is 40.3 Å². The van der Waals surface area contributed by atoms with Crippen LogP contribution < -0.4 is 0 Å². The van der Waals surface area contributed by atoms with Gasteiger partial charge in [0, 0.05) is 6.08 Å². The summed E-state index contributed by atoms with van der Waals surface area (Å²) in [5.41, 5.74) is 6.93. The monoisotopic (exact) mass is 320 g/mol. The van der Waals surface area contributed by atoms with Crippen LogP contribution in [0.5, 0.6) is 0 Å². The molecule has 0 saturated heterocycles. The second-order valence-corrected chi connectivity index (χ2v) is 6.52. The van der Waals surface area contributed by atoms with Crippen LogP contribution in [0.2, 0.25) is 0 Å². The van der Waals surface area contributed by atoms with E-state index in [9.17, 15) is 4.79 Å². The predicted octanol–water partition coefficient (Wildman–Crippen LogP) is 5.56. The molecule has 2 aromatic carbocycles. The van der Waals surface area contributed by atoms with Gasteiger partial charge in [0.15, 0.2) is 0 Å². The van der Waals surface area contributed by atoms with Gasteiger partial charge in [0.1, 0.15) is 0 Å². The van der Waals surface area contributed by atoms with Gasteiger partial charge < -0.3 is 5.11 Å². The molecule has 2 aromatic rings. The summed E-state index contributed by atoms with van der Waals surface area (Å²) in [7, 11) is 0. The molecule has 0 saturated carbocycles. The summed E-state index contributed by atoms with van der Waals surface area (Å²) >= 11 is 0. The van der Waals surface area contributed by atoms with E-state index in [1.807, 2.05) is 6.08 Å². The third-order valence-electron chi connectivity index (χ3n) is 4.91. The fourth-order valence-electron chi connectivity index (χ4n) is 3.75. The Morgan fingerprint density at radius 2 is 1.96 bits per heavy atom. The van der Waals surface area contributed by atoms with Crippen LogP contribution in [-0.4, -0.2) is 11.1 Å². The van der Waals surface area contributed by atoms with Crippen LogP contribution in [0, 0.1) is 0 Å². The number of carbonyl (C=O) groups is 1. The van der Waals surface area contributed by atoms with Crippen LogP contribution in [0.15, 0.2) is 54.6 Å². The molecule has 0 aromatic heterocycles. The van der Waals surface area contributed by atoms with E-state index in [0.29, 0.717) is 5.92 Å². The number of carboxylic acid groups (broad SMARTS) is 1. The van der Waals surface area contributed by atoms with E-state index in [-0.39, 0.29) is 0 Å². The highest BCUT2D eigenvalue weighted by molar-refractivity contribution is 5.80. The molecule has 124 valence electrons. The van der Waals surface area contributed by atoms with E-state index in [1.54, 1.807) is 0 Å². The molecule has 0 fully saturated rings. The highest BCUT2D eigenvalue weighted by atomic mass is 16.4. The lowest BCUT2D eigenvalue weighted by atomic mass is 9.85. The first-order chi connectivity index (χ1) is 11.7. The average Bonchev–Trinajstić information content (AvgIpc) is 2.96. The van der Waals surface area contributed by atoms with Crippen molar-refractivity contribution < 1.29 is 9.90 Å². The fraction of sp³-hybridized carbons (Fsp3) is 0.318. The lowest BCUT2D eigenvalue weighted by Crippen LogP contribution is -2.03. The molecule has 0 spiro atoms. The molecule has 1 aliphatic carbocycles. The topological polar surface area (TPSA) is 37.3 Å². The molecule has 0 heterocycles. The molecular weight excluding hydrogens is 296 g/mol. The molecule has 1 aliphatic rings. The molecule has 1 N–H and O–H groups in total. The second kappa shape index (κ2) is 7.48. The van der Waals surface area contributed by atoms with Crippen molar-refractivity contribution in [1.29, 1.82) is 0 Å². The Morgan fingerprint density at radius 1 is 1.17 bits per heavy atom. The van der Waals surface area contributed by atoms with E-state index in [2.05, 4.69) is 49.4 Å². The molecule has 24 heavy (non-hydrogen) atoms. The summed E-state index contributed by atoms with van der Waals surface area (Å²) in [4.78, 5) is 10.8. The highest BCUT2D eigenvalue weighted by Gasteiger charge is 2.23. The number of allylic oxidation sites excluding steroid dienone is 1. The van der Waals surface area contributed by atoms with Crippen molar-refractivity contribution >= 4 is 5.97 Å². The largest absolute Gasteiger partial charge is 0.478 e. The maximum atomic E-state index is 10.8. The Kier molecular flexibility index (Phi) is 5.14. The van der Waals surface area contributed by atoms with Crippen LogP contribution >= 0.6 is 0 Å². The van der Waals surface area contributed by atoms with E-state index in [4.69, 9.17) is 5.11 Å². The third-order valence-corrected chi connectivity index (χ3v) is 4.91. The van der Waals surface area contributed by atoms with Crippen LogP contribution in [0.1, 0.15) is 55.2 Å².